The molecule has 0 unspecified atom stereocenters. The molecule has 7 heteroatoms. The third-order valence-electron chi connectivity index (χ3n) is 4.09. The van der Waals surface area contributed by atoms with Crippen molar-refractivity contribution in [2.24, 2.45) is 0 Å². The first kappa shape index (κ1) is 16.6. The molecule has 0 saturated heterocycles. The zero-order valence-electron chi connectivity index (χ0n) is 14.1. The molecule has 0 bridgehead atoms. The van der Waals surface area contributed by atoms with Crippen LogP contribution in [-0.2, 0) is 0 Å². The lowest BCUT2D eigenvalue weighted by Crippen LogP contribution is -2.24. The molecule has 1 heterocycles. The third-order valence-corrected chi connectivity index (χ3v) is 4.09. The number of nitrogens with zero attached hydrogens (tertiary/aromatic N) is 4. The van der Waals surface area contributed by atoms with Gasteiger partial charge < -0.3 is 10.2 Å². The van der Waals surface area contributed by atoms with Gasteiger partial charge in [-0.25, -0.2) is 9.97 Å². The van der Waals surface area contributed by atoms with Crippen LogP contribution in [0.1, 0.15) is 13.8 Å². The fourth-order valence-corrected chi connectivity index (χ4v) is 2.85. The van der Waals surface area contributed by atoms with E-state index in [-0.39, 0.29) is 11.5 Å². The van der Waals surface area contributed by atoms with Gasteiger partial charge in [0.05, 0.1) is 4.92 Å². The molecule has 0 spiro atoms. The first-order valence-electron chi connectivity index (χ1n) is 8.14. The van der Waals surface area contributed by atoms with Crippen LogP contribution in [0.3, 0.4) is 0 Å². The fourth-order valence-electron chi connectivity index (χ4n) is 2.85. The molecule has 0 aliphatic rings. The molecule has 0 amide bonds. The van der Waals surface area contributed by atoms with Gasteiger partial charge in [0.2, 0.25) is 11.6 Å². The van der Waals surface area contributed by atoms with Gasteiger partial charge in [-0.05, 0) is 25.3 Å². The summed E-state index contributed by atoms with van der Waals surface area (Å²) < 4.78 is 0. The number of hydrogen-bond acceptors (Lipinski definition) is 6. The van der Waals surface area contributed by atoms with Crippen LogP contribution in [0.15, 0.2) is 48.8 Å². The van der Waals surface area contributed by atoms with Crippen LogP contribution in [0.2, 0.25) is 0 Å². The maximum atomic E-state index is 11.7. The highest BCUT2D eigenvalue weighted by atomic mass is 16.6. The second kappa shape index (κ2) is 7.12. The lowest BCUT2D eigenvalue weighted by molar-refractivity contribution is -0.383. The van der Waals surface area contributed by atoms with Crippen LogP contribution in [0.5, 0.6) is 0 Å². The van der Waals surface area contributed by atoms with E-state index in [1.165, 1.54) is 6.33 Å². The second-order valence-electron chi connectivity index (χ2n) is 5.48. The lowest BCUT2D eigenvalue weighted by atomic mass is 10.1. The van der Waals surface area contributed by atoms with Crippen molar-refractivity contribution in [3.63, 3.8) is 0 Å². The van der Waals surface area contributed by atoms with Gasteiger partial charge >= 0.3 is 5.69 Å². The summed E-state index contributed by atoms with van der Waals surface area (Å²) in [4.78, 5) is 21.4. The summed E-state index contributed by atoms with van der Waals surface area (Å²) in [6.07, 6.45) is 1.36. The molecule has 2 aromatic carbocycles. The van der Waals surface area contributed by atoms with Crippen molar-refractivity contribution < 1.29 is 4.92 Å². The minimum absolute atomic E-state index is 0.112. The smallest absolute Gasteiger partial charge is 0.351 e. The van der Waals surface area contributed by atoms with E-state index in [1.807, 2.05) is 61.2 Å². The zero-order valence-corrected chi connectivity index (χ0v) is 14.1. The van der Waals surface area contributed by atoms with Crippen molar-refractivity contribution in [1.29, 1.82) is 0 Å². The van der Waals surface area contributed by atoms with E-state index >= 15 is 0 Å². The Morgan fingerprint density at radius 3 is 2.52 bits per heavy atom. The largest absolute Gasteiger partial charge is 0.353 e. The quantitative estimate of drug-likeness (QED) is 0.538. The van der Waals surface area contributed by atoms with E-state index in [2.05, 4.69) is 15.3 Å². The Bertz CT molecular complexity index is 904. The van der Waals surface area contributed by atoms with Gasteiger partial charge in [-0.3, -0.25) is 10.1 Å². The van der Waals surface area contributed by atoms with Crippen molar-refractivity contribution in [2.75, 3.05) is 23.3 Å². The van der Waals surface area contributed by atoms with Crippen LogP contribution < -0.4 is 10.2 Å². The van der Waals surface area contributed by atoms with Gasteiger partial charge in [-0.1, -0.05) is 36.4 Å². The van der Waals surface area contributed by atoms with E-state index in [4.69, 9.17) is 0 Å². The summed E-state index contributed by atoms with van der Waals surface area (Å²) in [7, 11) is 0. The Morgan fingerprint density at radius 1 is 1.08 bits per heavy atom. The highest BCUT2D eigenvalue weighted by Gasteiger charge is 2.26. The zero-order chi connectivity index (χ0) is 17.8. The van der Waals surface area contributed by atoms with E-state index in [1.54, 1.807) is 0 Å². The number of rotatable bonds is 6. The molecule has 3 rings (SSSR count). The summed E-state index contributed by atoms with van der Waals surface area (Å²) in [6.45, 7) is 5.13. The molecule has 0 aliphatic heterocycles. The van der Waals surface area contributed by atoms with Gasteiger partial charge in [-0.2, -0.15) is 0 Å². The van der Waals surface area contributed by atoms with Crippen molar-refractivity contribution in [3.8, 4) is 0 Å². The van der Waals surface area contributed by atoms with Crippen molar-refractivity contribution in [1.82, 2.24) is 9.97 Å². The first-order chi connectivity index (χ1) is 12.2. The molecule has 3 aromatic rings. The Kier molecular flexibility index (Phi) is 4.74. The SMILES string of the molecule is CCN(CC)c1ncnc(Nc2cccc3ccccc23)c1[N+](=O)[O-]. The molecule has 1 N–H and O–H groups in total. The lowest BCUT2D eigenvalue weighted by Gasteiger charge is -2.20. The van der Waals surface area contributed by atoms with E-state index in [0.29, 0.717) is 18.9 Å². The summed E-state index contributed by atoms with van der Waals surface area (Å²) in [6, 6.07) is 13.6. The molecule has 0 atom stereocenters. The number of nitro groups is 1. The number of hydrogen-bond donors (Lipinski definition) is 1. The standard InChI is InChI=1S/C18H19N5O2/c1-3-22(4-2)18-16(23(24)25)17(19-12-20-18)21-15-11-7-9-13-8-5-6-10-14(13)15/h5-12H,3-4H2,1-2H3,(H,19,20,21). The van der Waals surface area contributed by atoms with E-state index < -0.39 is 4.92 Å². The van der Waals surface area contributed by atoms with Crippen molar-refractivity contribution >= 4 is 33.8 Å². The Hall–Kier alpha value is -3.22. The van der Waals surface area contributed by atoms with E-state index in [9.17, 15) is 10.1 Å². The van der Waals surface area contributed by atoms with Crippen LogP contribution in [0.4, 0.5) is 23.0 Å². The van der Waals surface area contributed by atoms with Crippen LogP contribution in [-0.4, -0.2) is 28.0 Å². The van der Waals surface area contributed by atoms with Gasteiger partial charge in [-0.15, -0.1) is 0 Å². The predicted octanol–water partition coefficient (Wildman–Crippen LogP) is 4.13. The molecule has 1 aromatic heterocycles. The number of aromatic nitrogens is 2. The molecule has 128 valence electrons. The molecular formula is C18H19N5O2. The van der Waals surface area contributed by atoms with Crippen LogP contribution in [0.25, 0.3) is 10.8 Å². The maximum Gasteiger partial charge on any atom is 0.353 e. The maximum absolute atomic E-state index is 11.7. The number of benzene rings is 2. The van der Waals surface area contributed by atoms with Gasteiger partial charge in [0.15, 0.2) is 0 Å². The summed E-state index contributed by atoms with van der Waals surface area (Å²) in [5, 5.41) is 16.8. The molecule has 0 aliphatic carbocycles. The van der Waals surface area contributed by atoms with Crippen LogP contribution in [0, 0.1) is 10.1 Å². The average Bonchev–Trinajstić information content (AvgIpc) is 2.63. The minimum Gasteiger partial charge on any atom is -0.351 e. The van der Waals surface area contributed by atoms with Crippen molar-refractivity contribution in [2.45, 2.75) is 13.8 Å². The Balaban J connectivity index is 2.11. The number of anilines is 3. The van der Waals surface area contributed by atoms with Gasteiger partial charge in [0.25, 0.3) is 0 Å². The molecule has 7 nitrogen and oxygen atoms in total. The predicted molar refractivity (Wildman–Crippen MR) is 99.5 cm³/mol. The molecule has 0 saturated carbocycles. The second-order valence-corrected chi connectivity index (χ2v) is 5.48. The molecule has 0 fully saturated rings. The monoisotopic (exact) mass is 337 g/mol. The van der Waals surface area contributed by atoms with Crippen molar-refractivity contribution in [3.05, 3.63) is 58.9 Å². The normalized spacial score (nSPS) is 10.6. The number of nitrogens with one attached hydrogen (secondary N) is 1. The van der Waals surface area contributed by atoms with E-state index in [0.717, 1.165) is 16.5 Å². The van der Waals surface area contributed by atoms with Gasteiger partial charge in [0.1, 0.15) is 6.33 Å². The summed E-state index contributed by atoms with van der Waals surface area (Å²) in [5.74, 6) is 0.519. The summed E-state index contributed by atoms with van der Waals surface area (Å²) in [5.41, 5.74) is 0.657. The van der Waals surface area contributed by atoms with Gasteiger partial charge in [0, 0.05) is 24.2 Å². The minimum atomic E-state index is -0.429. The Labute approximate surface area is 145 Å². The molecule has 25 heavy (non-hydrogen) atoms. The molecule has 0 radical (unpaired) electrons. The average molecular weight is 337 g/mol. The third kappa shape index (κ3) is 3.21. The fraction of sp³-hybridized carbons (Fsp3) is 0.222. The first-order valence-corrected chi connectivity index (χ1v) is 8.14. The topological polar surface area (TPSA) is 84.2 Å². The molecular weight excluding hydrogens is 318 g/mol. The van der Waals surface area contributed by atoms with Crippen LogP contribution >= 0.6 is 0 Å². The summed E-state index contributed by atoms with van der Waals surface area (Å²) >= 11 is 0. The Morgan fingerprint density at radius 2 is 1.80 bits per heavy atom. The number of fused-ring (bicyclic) bond motifs is 1. The highest BCUT2D eigenvalue weighted by molar-refractivity contribution is 5.96. The highest BCUT2D eigenvalue weighted by Crippen LogP contribution is 2.35.